The van der Waals surface area contributed by atoms with E-state index in [0.29, 0.717) is 24.3 Å². The third-order valence-electron chi connectivity index (χ3n) is 7.00. The highest BCUT2D eigenvalue weighted by Gasteiger charge is 2.32. The minimum Gasteiger partial charge on any atom is -0.333 e. The van der Waals surface area contributed by atoms with Gasteiger partial charge in [-0.2, -0.15) is 5.10 Å². The van der Waals surface area contributed by atoms with Crippen molar-refractivity contribution in [2.75, 3.05) is 13.1 Å². The number of amides is 1. The Balaban J connectivity index is 1.47. The Hall–Kier alpha value is -2.14. The number of fused-ring (bicyclic) bond motifs is 1. The molecule has 1 N–H and O–H groups in total. The third kappa shape index (κ3) is 3.58. The number of nitrogens with one attached hydrogen (secondary N) is 1. The monoisotopic (exact) mass is 406 g/mol. The quantitative estimate of drug-likeness (QED) is 0.819. The summed E-state index contributed by atoms with van der Waals surface area (Å²) in [6.07, 6.45) is 7.73. The SMILES string of the molecule is Cc1cn(C2CC2)nc1C(=O)N1CCc2cc(C(C)(C)C)cc([C@@H]3CCCN3)c2C1. The van der Waals surface area contributed by atoms with Crippen molar-refractivity contribution < 1.29 is 4.79 Å². The highest BCUT2D eigenvalue weighted by atomic mass is 16.2. The van der Waals surface area contributed by atoms with Crippen LogP contribution in [0.2, 0.25) is 0 Å². The largest absolute Gasteiger partial charge is 0.333 e. The molecule has 0 bridgehead atoms. The van der Waals surface area contributed by atoms with Crippen LogP contribution in [0.5, 0.6) is 0 Å². The van der Waals surface area contributed by atoms with Gasteiger partial charge in [0.1, 0.15) is 0 Å². The third-order valence-corrected chi connectivity index (χ3v) is 7.00. The van der Waals surface area contributed by atoms with Crippen molar-refractivity contribution in [2.45, 2.75) is 83.8 Å². The molecule has 3 aliphatic rings. The molecule has 1 saturated heterocycles. The molecule has 5 rings (SSSR count). The molecule has 5 nitrogen and oxygen atoms in total. The minimum atomic E-state index is 0.0859. The highest BCUT2D eigenvalue weighted by molar-refractivity contribution is 5.93. The molecule has 1 aromatic heterocycles. The second-order valence-corrected chi connectivity index (χ2v) is 10.5. The van der Waals surface area contributed by atoms with Gasteiger partial charge in [-0.15, -0.1) is 0 Å². The summed E-state index contributed by atoms with van der Waals surface area (Å²) in [6, 6.07) is 5.71. The maximum absolute atomic E-state index is 13.4. The van der Waals surface area contributed by atoms with Crippen molar-refractivity contribution in [1.82, 2.24) is 20.0 Å². The Morgan fingerprint density at radius 1 is 1.20 bits per heavy atom. The molecule has 1 atom stereocenters. The average molecular weight is 407 g/mol. The first-order valence-electron chi connectivity index (χ1n) is 11.6. The Bertz CT molecular complexity index is 974. The van der Waals surface area contributed by atoms with E-state index in [4.69, 9.17) is 0 Å². The van der Waals surface area contributed by atoms with Gasteiger partial charge in [-0.05, 0) is 73.2 Å². The fourth-order valence-electron chi connectivity index (χ4n) is 4.94. The first-order chi connectivity index (χ1) is 14.3. The zero-order chi connectivity index (χ0) is 21.0. The highest BCUT2D eigenvalue weighted by Crippen LogP contribution is 2.37. The van der Waals surface area contributed by atoms with Crippen molar-refractivity contribution in [3.63, 3.8) is 0 Å². The lowest BCUT2D eigenvalue weighted by Crippen LogP contribution is -2.38. The molecule has 1 aliphatic carbocycles. The van der Waals surface area contributed by atoms with E-state index < -0.39 is 0 Å². The minimum absolute atomic E-state index is 0.0859. The number of nitrogens with zero attached hydrogens (tertiary/aromatic N) is 3. The fourth-order valence-corrected chi connectivity index (χ4v) is 4.94. The number of rotatable bonds is 3. The number of carbonyl (C=O) groups is 1. The van der Waals surface area contributed by atoms with Crippen LogP contribution in [0.15, 0.2) is 18.3 Å². The second-order valence-electron chi connectivity index (χ2n) is 10.5. The van der Waals surface area contributed by atoms with Gasteiger partial charge in [0.15, 0.2) is 5.69 Å². The molecular weight excluding hydrogens is 372 g/mol. The fraction of sp³-hybridized carbons (Fsp3) is 0.600. The van der Waals surface area contributed by atoms with Crippen LogP contribution in [0.25, 0.3) is 0 Å². The van der Waals surface area contributed by atoms with Gasteiger partial charge in [-0.25, -0.2) is 0 Å². The maximum Gasteiger partial charge on any atom is 0.274 e. The molecule has 1 amide bonds. The van der Waals surface area contributed by atoms with Gasteiger partial charge in [-0.1, -0.05) is 32.9 Å². The molecule has 160 valence electrons. The van der Waals surface area contributed by atoms with Crippen LogP contribution in [0.1, 0.15) is 96.8 Å². The standard InChI is InChI=1S/C25H34N4O/c1-16-14-29(19-7-8-19)27-23(16)24(30)28-11-9-17-12-18(25(2,3)4)13-20(21(17)15-28)22-6-5-10-26-22/h12-14,19,22,26H,5-11,15H2,1-4H3/t22-/m0/s1. The van der Waals surface area contributed by atoms with E-state index in [9.17, 15) is 4.79 Å². The lowest BCUT2D eigenvalue weighted by Gasteiger charge is -2.33. The first-order valence-corrected chi connectivity index (χ1v) is 11.6. The normalized spacial score (nSPS) is 21.7. The van der Waals surface area contributed by atoms with Crippen molar-refractivity contribution in [1.29, 1.82) is 0 Å². The molecule has 0 unspecified atom stereocenters. The van der Waals surface area contributed by atoms with Crippen LogP contribution in [0, 0.1) is 6.92 Å². The average Bonchev–Trinajstić information content (AvgIpc) is 3.27. The van der Waals surface area contributed by atoms with Crippen molar-refractivity contribution in [3.05, 3.63) is 51.8 Å². The zero-order valence-electron chi connectivity index (χ0n) is 18.8. The molecule has 1 saturated carbocycles. The van der Waals surface area contributed by atoms with Crippen LogP contribution in [0.4, 0.5) is 0 Å². The number of benzene rings is 1. The summed E-state index contributed by atoms with van der Waals surface area (Å²) >= 11 is 0. The van der Waals surface area contributed by atoms with Gasteiger partial charge in [-0.3, -0.25) is 9.48 Å². The summed E-state index contributed by atoms with van der Waals surface area (Å²) in [4.78, 5) is 15.4. The summed E-state index contributed by atoms with van der Waals surface area (Å²) in [5, 5.41) is 8.35. The van der Waals surface area contributed by atoms with Crippen molar-refractivity contribution in [3.8, 4) is 0 Å². The van der Waals surface area contributed by atoms with Crippen molar-refractivity contribution in [2.24, 2.45) is 0 Å². The smallest absolute Gasteiger partial charge is 0.274 e. The van der Waals surface area contributed by atoms with Gasteiger partial charge >= 0.3 is 0 Å². The zero-order valence-corrected chi connectivity index (χ0v) is 18.8. The van der Waals surface area contributed by atoms with Crippen molar-refractivity contribution >= 4 is 5.91 Å². The number of aromatic nitrogens is 2. The van der Waals surface area contributed by atoms with Crippen LogP contribution in [0.3, 0.4) is 0 Å². The van der Waals surface area contributed by atoms with Crippen LogP contribution in [-0.4, -0.2) is 33.7 Å². The lowest BCUT2D eigenvalue weighted by molar-refractivity contribution is 0.0726. The number of carbonyl (C=O) groups excluding carboxylic acids is 1. The van der Waals surface area contributed by atoms with Gasteiger partial charge < -0.3 is 10.2 Å². The summed E-state index contributed by atoms with van der Waals surface area (Å²) in [5.74, 6) is 0.0859. The number of hydrogen-bond donors (Lipinski definition) is 1. The molecule has 0 radical (unpaired) electrons. The predicted molar refractivity (Wildman–Crippen MR) is 119 cm³/mol. The molecular formula is C25H34N4O. The van der Waals surface area contributed by atoms with E-state index in [-0.39, 0.29) is 11.3 Å². The lowest BCUT2D eigenvalue weighted by atomic mass is 9.80. The molecule has 1 aromatic carbocycles. The summed E-state index contributed by atoms with van der Waals surface area (Å²) < 4.78 is 2.00. The van der Waals surface area contributed by atoms with E-state index in [0.717, 1.165) is 25.1 Å². The Labute approximate surface area is 179 Å². The topological polar surface area (TPSA) is 50.2 Å². The summed E-state index contributed by atoms with van der Waals surface area (Å²) in [6.45, 7) is 11.4. The van der Waals surface area contributed by atoms with Gasteiger partial charge in [0, 0.05) is 30.9 Å². The van der Waals surface area contributed by atoms with Crippen LogP contribution < -0.4 is 5.32 Å². The van der Waals surface area contributed by atoms with E-state index in [1.165, 1.54) is 47.9 Å². The summed E-state index contributed by atoms with van der Waals surface area (Å²) in [5.41, 5.74) is 7.37. The number of aryl methyl sites for hydroxylation is 1. The van der Waals surface area contributed by atoms with Crippen LogP contribution >= 0.6 is 0 Å². The van der Waals surface area contributed by atoms with Gasteiger partial charge in [0.05, 0.1) is 6.04 Å². The molecule has 5 heteroatoms. The molecule has 2 aromatic rings. The van der Waals surface area contributed by atoms with E-state index in [1.807, 2.05) is 22.7 Å². The van der Waals surface area contributed by atoms with Gasteiger partial charge in [0.25, 0.3) is 5.91 Å². The molecule has 30 heavy (non-hydrogen) atoms. The Morgan fingerprint density at radius 2 is 2.00 bits per heavy atom. The van der Waals surface area contributed by atoms with Gasteiger partial charge in [0.2, 0.25) is 0 Å². The molecule has 0 spiro atoms. The number of hydrogen-bond acceptors (Lipinski definition) is 3. The Morgan fingerprint density at radius 3 is 2.67 bits per heavy atom. The molecule has 2 fully saturated rings. The Kier molecular flexibility index (Phi) is 4.77. The second kappa shape index (κ2) is 7.23. The summed E-state index contributed by atoms with van der Waals surface area (Å²) in [7, 11) is 0. The van der Waals surface area contributed by atoms with E-state index in [2.05, 4.69) is 43.3 Å². The predicted octanol–water partition coefficient (Wildman–Crippen LogP) is 4.45. The van der Waals surface area contributed by atoms with E-state index >= 15 is 0 Å². The maximum atomic E-state index is 13.4. The molecule has 3 heterocycles. The van der Waals surface area contributed by atoms with Crippen LogP contribution in [-0.2, 0) is 18.4 Å². The molecule has 2 aliphatic heterocycles. The van der Waals surface area contributed by atoms with E-state index in [1.54, 1.807) is 0 Å². The first kappa shape index (κ1) is 19.8.